The molecule has 4 N–H and O–H groups in total. The molecule has 0 radical (unpaired) electrons. The van der Waals surface area contributed by atoms with Crippen molar-refractivity contribution in [2.24, 2.45) is 0 Å². The second kappa shape index (κ2) is 31.0. The third kappa shape index (κ3) is 15.2. The van der Waals surface area contributed by atoms with E-state index in [4.69, 9.17) is 74.3 Å². The highest BCUT2D eigenvalue weighted by molar-refractivity contribution is 6.32. The van der Waals surface area contributed by atoms with E-state index >= 15 is 4.39 Å². The Kier molecular flexibility index (Phi) is 22.0. The lowest BCUT2D eigenvalue weighted by Crippen LogP contribution is -2.42. The Hall–Kier alpha value is -11.0. The Balaban J connectivity index is 0.000000185. The molecule has 0 bridgehead atoms. The fourth-order valence-corrected chi connectivity index (χ4v) is 11.5. The number of carboxylic acid groups (broad SMARTS) is 1. The zero-order chi connectivity index (χ0) is 69.0. The zero-order valence-corrected chi connectivity index (χ0v) is 53.9. The van der Waals surface area contributed by atoms with Gasteiger partial charge in [-0.1, -0.05) is 119 Å². The predicted octanol–water partition coefficient (Wildman–Crippen LogP) is 13.1. The van der Waals surface area contributed by atoms with Crippen molar-refractivity contribution in [1.82, 2.24) is 39.3 Å². The monoisotopic (exact) mass is 1380 g/mol. The number of benzene rings is 8. The van der Waals surface area contributed by atoms with E-state index in [1.54, 1.807) is 103 Å². The molecule has 0 saturated heterocycles. The summed E-state index contributed by atoms with van der Waals surface area (Å²) < 4.78 is 30.7. The van der Waals surface area contributed by atoms with Crippen molar-refractivity contribution in [3.8, 4) is 24.7 Å². The lowest BCUT2D eigenvalue weighted by molar-refractivity contribution is 0.0606. The molecule has 0 spiro atoms. The van der Waals surface area contributed by atoms with Crippen molar-refractivity contribution in [2.45, 2.75) is 37.8 Å². The van der Waals surface area contributed by atoms with Gasteiger partial charge in [-0.05, 0) is 129 Å². The summed E-state index contributed by atoms with van der Waals surface area (Å²) >= 11 is 23.8. The van der Waals surface area contributed by atoms with Crippen molar-refractivity contribution in [2.75, 3.05) is 37.0 Å². The first-order valence-corrected chi connectivity index (χ1v) is 31.3. The van der Waals surface area contributed by atoms with Crippen molar-refractivity contribution in [3.05, 3.63) is 279 Å². The van der Waals surface area contributed by atoms with Crippen LogP contribution in [-0.2, 0) is 0 Å². The smallest absolute Gasteiger partial charge is 0.338 e. The molecule has 10 aromatic rings. The van der Waals surface area contributed by atoms with Crippen LogP contribution >= 0.6 is 46.4 Å². The van der Waals surface area contributed by atoms with Crippen LogP contribution in [0.2, 0.25) is 20.1 Å². The molecular formula is C72H54Cl4F2N10O9. The number of halogens is 6. The van der Waals surface area contributed by atoms with Crippen LogP contribution in [0.3, 0.4) is 0 Å². The molecule has 0 fully saturated rings. The molecule has 5 amide bonds. The summed E-state index contributed by atoms with van der Waals surface area (Å²) in [5.74, 6) is 0.242. The number of para-hydroxylation sites is 2. The molecule has 2 atom stereocenters. The summed E-state index contributed by atoms with van der Waals surface area (Å²) in [7, 11) is 0. The summed E-state index contributed by atoms with van der Waals surface area (Å²) in [5.41, 5.74) is 8.07. The highest BCUT2D eigenvalue weighted by Crippen LogP contribution is 2.31. The van der Waals surface area contributed by atoms with Gasteiger partial charge in [0.25, 0.3) is 40.7 Å². The van der Waals surface area contributed by atoms with Crippen LogP contribution in [0.15, 0.2) is 192 Å². The highest BCUT2D eigenvalue weighted by atomic mass is 35.5. The summed E-state index contributed by atoms with van der Waals surface area (Å²) in [6.07, 6.45) is 12.2. The van der Waals surface area contributed by atoms with Gasteiger partial charge in [0.05, 0.1) is 82.6 Å². The minimum Gasteiger partial charge on any atom is -0.478 e. The zero-order valence-electron chi connectivity index (χ0n) is 50.9. The second-order valence-corrected chi connectivity index (χ2v) is 23.4. The number of carbonyl (C=O) groups excluding carboxylic acids is 5. The number of aromatic nitrogens is 4. The average Bonchev–Trinajstić information content (AvgIpc) is 1.73. The third-order valence-corrected chi connectivity index (χ3v) is 16.5. The number of hydrogen-bond acceptors (Lipinski definition) is 13. The molecule has 4 heterocycles. The SMILES string of the molecule is C#CC[C@@H](NCCCN1C(=O)c2ccccc2C1=O)c1nc2cc(Cl)ccc2c(=O)n1Nc1ccccc1.C#CC[C@H](c1nc2cc(Cl)ccc2c(=O)n1Nc1ccccc1)N(CCCN1C(=O)c2ccccc2C1=O)C(=O)c1cccc(Cl)c1F.O=C(O)c1cccc(Cl)c1F. The van der Waals surface area contributed by atoms with Crippen LogP contribution in [0.4, 0.5) is 20.2 Å². The van der Waals surface area contributed by atoms with E-state index in [1.807, 2.05) is 36.4 Å². The van der Waals surface area contributed by atoms with Crippen LogP contribution in [0, 0.1) is 36.3 Å². The first-order valence-electron chi connectivity index (χ1n) is 29.8. The topological polar surface area (TPSA) is 238 Å². The quantitative estimate of drug-likeness (QED) is 0.0315. The molecule has 2 aliphatic heterocycles. The van der Waals surface area contributed by atoms with Gasteiger partial charge in [-0.3, -0.25) is 54.2 Å². The number of terminal acetylenes is 2. The fraction of sp³-hybridized carbons (Fsp3) is 0.139. The normalized spacial score (nSPS) is 12.7. The molecule has 19 nitrogen and oxygen atoms in total. The number of nitrogens with zero attached hydrogens (tertiary/aromatic N) is 7. The Morgan fingerprint density at radius 1 is 0.526 bits per heavy atom. The van der Waals surface area contributed by atoms with Gasteiger partial charge in [0.15, 0.2) is 17.5 Å². The molecule has 2 aromatic heterocycles. The van der Waals surface area contributed by atoms with Crippen molar-refractivity contribution >= 4 is 115 Å². The number of amides is 5. The van der Waals surface area contributed by atoms with Gasteiger partial charge < -0.3 is 15.3 Å². The first-order chi connectivity index (χ1) is 46.8. The fourth-order valence-electron chi connectivity index (χ4n) is 10.8. The maximum Gasteiger partial charge on any atom is 0.338 e. The number of nitrogens with one attached hydrogen (secondary N) is 3. The predicted molar refractivity (Wildman–Crippen MR) is 367 cm³/mol. The third-order valence-electron chi connectivity index (χ3n) is 15.5. The number of aromatic carboxylic acids is 1. The lowest BCUT2D eigenvalue weighted by atomic mass is 10.1. The summed E-state index contributed by atoms with van der Waals surface area (Å²) in [4.78, 5) is 117. The average molecular weight is 1380 g/mol. The molecule has 25 heteroatoms. The van der Waals surface area contributed by atoms with Crippen molar-refractivity contribution < 1.29 is 42.7 Å². The second-order valence-electron chi connectivity index (χ2n) is 21.7. The van der Waals surface area contributed by atoms with Crippen molar-refractivity contribution in [3.63, 3.8) is 0 Å². The van der Waals surface area contributed by atoms with E-state index < -0.39 is 58.5 Å². The molecule has 0 saturated carbocycles. The summed E-state index contributed by atoms with van der Waals surface area (Å²) in [5, 5.41) is 12.8. The highest BCUT2D eigenvalue weighted by Gasteiger charge is 2.38. The molecule has 8 aromatic carbocycles. The van der Waals surface area contributed by atoms with Gasteiger partial charge in [-0.25, -0.2) is 32.9 Å². The van der Waals surface area contributed by atoms with Crippen LogP contribution in [-0.4, -0.2) is 101 Å². The van der Waals surface area contributed by atoms with Gasteiger partial charge in [0.2, 0.25) is 0 Å². The first kappa shape index (κ1) is 68.8. The number of hydrogen-bond donors (Lipinski definition) is 4. The van der Waals surface area contributed by atoms with Gasteiger partial charge in [-0.2, -0.15) is 0 Å². The number of carboxylic acids is 1. The van der Waals surface area contributed by atoms with Crippen LogP contribution in [0.25, 0.3) is 21.8 Å². The maximum absolute atomic E-state index is 15.4. The van der Waals surface area contributed by atoms with E-state index in [-0.39, 0.29) is 99.7 Å². The van der Waals surface area contributed by atoms with E-state index in [2.05, 4.69) is 28.0 Å². The lowest BCUT2D eigenvalue weighted by Gasteiger charge is -2.32. The minimum atomic E-state index is -1.31. The van der Waals surface area contributed by atoms with Gasteiger partial charge in [-0.15, -0.1) is 24.7 Å². The molecular weight excluding hydrogens is 1330 g/mol. The number of imide groups is 2. The van der Waals surface area contributed by atoms with Crippen molar-refractivity contribution in [1.29, 1.82) is 0 Å². The Bertz CT molecular complexity index is 4880. The van der Waals surface area contributed by atoms with Gasteiger partial charge in [0.1, 0.15) is 11.9 Å². The molecule has 488 valence electrons. The maximum atomic E-state index is 15.4. The molecule has 12 rings (SSSR count). The van der Waals surface area contributed by atoms with Crippen LogP contribution < -0.4 is 27.3 Å². The van der Waals surface area contributed by atoms with E-state index in [9.17, 15) is 42.7 Å². The number of rotatable bonds is 20. The number of fused-ring (bicyclic) bond motifs is 4. The summed E-state index contributed by atoms with van der Waals surface area (Å²) in [6.45, 7) is 0.512. The molecule has 2 aliphatic rings. The van der Waals surface area contributed by atoms with E-state index in [0.29, 0.717) is 62.2 Å². The summed E-state index contributed by atoms with van der Waals surface area (Å²) in [6, 6.07) is 47.3. The van der Waals surface area contributed by atoms with E-state index in [0.717, 1.165) is 11.0 Å². The molecule has 0 unspecified atom stereocenters. The van der Waals surface area contributed by atoms with Crippen LogP contribution in [0.5, 0.6) is 0 Å². The van der Waals surface area contributed by atoms with E-state index in [1.165, 1.54) is 55.6 Å². The minimum absolute atomic E-state index is 0.0489. The number of anilines is 2. The van der Waals surface area contributed by atoms with Crippen LogP contribution in [0.1, 0.15) is 112 Å². The van der Waals surface area contributed by atoms with Gasteiger partial charge in [0, 0.05) is 42.5 Å². The van der Waals surface area contributed by atoms with Gasteiger partial charge >= 0.3 is 5.97 Å². The molecule has 97 heavy (non-hydrogen) atoms. The number of carbonyl (C=O) groups is 6. The Morgan fingerprint density at radius 2 is 0.948 bits per heavy atom. The standard InChI is InChI=1S/C36H26Cl2FN5O4.C29H24ClN5O3.C7H4ClFO2/c1-2-10-30(32-40-29-21-22(37)17-18-26(29)36(48)44(32)41-23-11-4-3-5-12-23)42(35(47)27-15-8-16-28(38)31(27)39)19-9-20-43-33(45)24-13-6-7-14-25(24)34(43)46;1-2-9-24(31-16-8-17-34-27(36)21-12-6-7-13-22(21)28(34)37)26-32-25-18-19(30)14-15-23(25)29(38)35(26)33-20-10-4-3-5-11-20;8-5-3-1-2-4(6(5)9)7(10)11/h1,3-8,11-18,21,30,41H,9-10,19-20H2;1,3-7,10-15,18,24,31,33H,8-9,16-17H2;1-3H,(H,10,11)/t30-;24-;/m11./s1. The largest absolute Gasteiger partial charge is 0.478 e. The Labute approximate surface area is 572 Å². The Morgan fingerprint density at radius 3 is 1.40 bits per heavy atom. The molecule has 0 aliphatic carbocycles.